The number of carbonyl (C=O) groups excluding carboxylic acids is 3. The second-order valence-corrected chi connectivity index (χ2v) is 13.3. The van der Waals surface area contributed by atoms with E-state index >= 15 is 0 Å². The van der Waals surface area contributed by atoms with Crippen molar-refractivity contribution in [1.29, 1.82) is 0 Å². The lowest BCUT2D eigenvalue weighted by molar-refractivity contribution is -0.149. The van der Waals surface area contributed by atoms with Gasteiger partial charge in [0.25, 0.3) is 0 Å². The summed E-state index contributed by atoms with van der Waals surface area (Å²) in [6, 6.07) is 6.64. The molecular formula is C29H39N4O13P. The summed E-state index contributed by atoms with van der Waals surface area (Å²) in [4.78, 5) is 53.5. The van der Waals surface area contributed by atoms with E-state index in [1.165, 1.54) is 32.2 Å². The van der Waals surface area contributed by atoms with Crippen LogP contribution in [0.25, 0.3) is 0 Å². The molecule has 4 rings (SSSR count). The van der Waals surface area contributed by atoms with E-state index < -0.39 is 74.3 Å². The number of para-hydroxylation sites is 1. The van der Waals surface area contributed by atoms with Gasteiger partial charge in [-0.25, -0.2) is 14.2 Å². The number of aryl methyl sites for hydroxylation is 1. The maximum absolute atomic E-state index is 14.3. The lowest BCUT2D eigenvalue weighted by atomic mass is 9.96. The number of ether oxygens (including phenoxy) is 5. The van der Waals surface area contributed by atoms with E-state index in [4.69, 9.17) is 37.9 Å². The first-order valence-electron chi connectivity index (χ1n) is 14.9. The molecule has 1 aromatic heterocycles. The minimum atomic E-state index is -4.47. The number of nitrogens with one attached hydrogen (secondary N) is 2. The zero-order chi connectivity index (χ0) is 34.5. The molecule has 2 aromatic rings. The highest BCUT2D eigenvalue weighted by atomic mass is 31.2. The average Bonchev–Trinajstić information content (AvgIpc) is 3.43. The van der Waals surface area contributed by atoms with E-state index in [0.717, 1.165) is 4.57 Å². The highest BCUT2D eigenvalue weighted by Gasteiger charge is 2.64. The smallest absolute Gasteiger partial charge is 0.463 e. The first-order valence-corrected chi connectivity index (χ1v) is 16.4. The summed E-state index contributed by atoms with van der Waals surface area (Å²) >= 11 is 0. The molecule has 1 aromatic carbocycles. The van der Waals surface area contributed by atoms with Crippen molar-refractivity contribution in [2.24, 2.45) is 0 Å². The fourth-order valence-electron chi connectivity index (χ4n) is 4.99. The Kier molecular flexibility index (Phi) is 11.3. The number of esters is 2. The first-order chi connectivity index (χ1) is 22.1. The maximum atomic E-state index is 14.3. The van der Waals surface area contributed by atoms with Gasteiger partial charge in [-0.3, -0.25) is 29.4 Å². The van der Waals surface area contributed by atoms with E-state index in [1.807, 2.05) is 0 Å². The summed E-state index contributed by atoms with van der Waals surface area (Å²) in [6.45, 7) is 9.13. The van der Waals surface area contributed by atoms with Gasteiger partial charge in [-0.15, -0.1) is 0 Å². The molecule has 3 unspecified atom stereocenters. The molecule has 17 nitrogen and oxygen atoms in total. The van der Waals surface area contributed by atoms with Crippen LogP contribution in [-0.4, -0.2) is 75.5 Å². The van der Waals surface area contributed by atoms with Crippen molar-refractivity contribution in [3.8, 4) is 5.75 Å². The van der Waals surface area contributed by atoms with Gasteiger partial charge in [0, 0.05) is 12.6 Å². The SMILES string of the molecule is CC(C)OC(=O)CCc1ccccc1OP(=O)(N[C@@H](C)C(=O)OC(C)C)OC[C@H]1O[C@@H](n2ccc(NO)nc2=O)C2(C)OC(=O)OC12. The molecule has 258 valence electrons. The highest BCUT2D eigenvalue weighted by molar-refractivity contribution is 7.52. The molecule has 47 heavy (non-hydrogen) atoms. The van der Waals surface area contributed by atoms with Crippen molar-refractivity contribution in [1.82, 2.24) is 14.6 Å². The van der Waals surface area contributed by atoms with Crippen molar-refractivity contribution in [2.75, 3.05) is 12.1 Å². The van der Waals surface area contributed by atoms with Crippen molar-refractivity contribution < 1.29 is 56.9 Å². The zero-order valence-electron chi connectivity index (χ0n) is 26.7. The summed E-state index contributed by atoms with van der Waals surface area (Å²) in [5.74, 6) is -1.19. The largest absolute Gasteiger partial charge is 0.509 e. The molecule has 0 saturated carbocycles. The van der Waals surface area contributed by atoms with E-state index in [9.17, 15) is 23.7 Å². The molecule has 18 heteroatoms. The number of anilines is 1. The standard InChI is InChI=1S/C29H39N4O13P/c1-16(2)41-23(34)12-11-19-9-7-8-10-20(19)46-47(39,32-18(5)25(35)42-17(3)4)40-15-21-24-29(6,45-28(37)44-24)26(43-21)33-14-13-22(31-38)30-27(33)36/h7-10,13-14,16-18,21,24,26,38H,11-12,15H2,1-6H3,(H,32,39)(H,30,31,36)/t18-,21+,24?,26+,29?,47?/m0/s1. The monoisotopic (exact) mass is 682 g/mol. The molecule has 2 fully saturated rings. The normalized spacial score (nSPS) is 23.8. The molecule has 3 heterocycles. The number of rotatable bonds is 15. The molecular weight excluding hydrogens is 643 g/mol. The zero-order valence-corrected chi connectivity index (χ0v) is 27.6. The Bertz CT molecular complexity index is 1570. The fourth-order valence-corrected chi connectivity index (χ4v) is 6.53. The summed E-state index contributed by atoms with van der Waals surface area (Å²) < 4.78 is 54.4. The lowest BCUT2D eigenvalue weighted by Crippen LogP contribution is -2.44. The summed E-state index contributed by atoms with van der Waals surface area (Å²) in [6.07, 6.45) is -3.88. The van der Waals surface area contributed by atoms with Gasteiger partial charge in [0.2, 0.25) is 0 Å². The van der Waals surface area contributed by atoms with E-state index in [1.54, 1.807) is 51.4 Å². The predicted octanol–water partition coefficient (Wildman–Crippen LogP) is 3.25. The van der Waals surface area contributed by atoms with Gasteiger partial charge in [0.15, 0.2) is 23.8 Å². The number of hydrogen-bond donors (Lipinski definition) is 3. The van der Waals surface area contributed by atoms with Crippen LogP contribution >= 0.6 is 7.75 Å². The molecule has 0 amide bonds. The van der Waals surface area contributed by atoms with E-state index in [2.05, 4.69) is 10.1 Å². The minimum absolute atomic E-state index is 0.0146. The topological polar surface area (TPSA) is 212 Å². The Morgan fingerprint density at radius 1 is 1.11 bits per heavy atom. The third-order valence-corrected chi connectivity index (χ3v) is 8.67. The third kappa shape index (κ3) is 8.67. The molecule has 2 aliphatic rings. The average molecular weight is 683 g/mol. The van der Waals surface area contributed by atoms with Crippen LogP contribution < -0.4 is 20.8 Å². The number of aromatic nitrogens is 2. The summed E-state index contributed by atoms with van der Waals surface area (Å²) in [5.41, 5.74) is -0.118. The summed E-state index contributed by atoms with van der Waals surface area (Å²) in [5, 5.41) is 11.7. The van der Waals surface area contributed by atoms with Gasteiger partial charge in [-0.2, -0.15) is 10.1 Å². The van der Waals surface area contributed by atoms with E-state index in [-0.39, 0.29) is 30.5 Å². The van der Waals surface area contributed by atoms with Gasteiger partial charge in [0.05, 0.1) is 18.8 Å². The highest BCUT2D eigenvalue weighted by Crippen LogP contribution is 2.50. The number of carbonyl (C=O) groups is 3. The fraction of sp³-hybridized carbons (Fsp3) is 0.552. The van der Waals surface area contributed by atoms with Crippen LogP contribution in [-0.2, 0) is 48.8 Å². The van der Waals surface area contributed by atoms with Crippen LogP contribution in [0.2, 0.25) is 0 Å². The molecule has 3 N–H and O–H groups in total. The molecule has 2 saturated heterocycles. The van der Waals surface area contributed by atoms with Crippen LogP contribution in [0.3, 0.4) is 0 Å². The van der Waals surface area contributed by atoms with Crippen LogP contribution in [0.5, 0.6) is 5.75 Å². The number of nitrogens with zero attached hydrogens (tertiary/aromatic N) is 2. The minimum Gasteiger partial charge on any atom is -0.463 e. The second-order valence-electron chi connectivity index (χ2n) is 11.6. The van der Waals surface area contributed by atoms with E-state index in [0.29, 0.717) is 5.56 Å². The molecule has 0 radical (unpaired) electrons. The predicted molar refractivity (Wildman–Crippen MR) is 162 cm³/mol. The molecule has 0 bridgehead atoms. The van der Waals surface area contributed by atoms with Crippen molar-refractivity contribution >= 4 is 31.7 Å². The van der Waals surface area contributed by atoms with Gasteiger partial charge in [-0.1, -0.05) is 18.2 Å². The maximum Gasteiger partial charge on any atom is 0.509 e. The Balaban J connectivity index is 1.59. The lowest BCUT2D eigenvalue weighted by Gasteiger charge is -2.26. The van der Waals surface area contributed by atoms with Gasteiger partial charge >= 0.3 is 31.5 Å². The Morgan fingerprint density at radius 2 is 1.81 bits per heavy atom. The van der Waals surface area contributed by atoms with Gasteiger partial charge in [-0.05, 0) is 65.7 Å². The molecule has 2 aliphatic heterocycles. The Hall–Kier alpha value is -4.02. The number of fused-ring (bicyclic) bond motifs is 1. The molecule has 0 spiro atoms. The van der Waals surface area contributed by atoms with Crippen molar-refractivity contribution in [3.63, 3.8) is 0 Å². The summed E-state index contributed by atoms with van der Waals surface area (Å²) in [7, 11) is -4.47. The second kappa shape index (κ2) is 14.8. The number of benzene rings is 1. The van der Waals surface area contributed by atoms with Crippen molar-refractivity contribution in [3.05, 3.63) is 52.6 Å². The van der Waals surface area contributed by atoms with Crippen LogP contribution in [0.1, 0.15) is 59.8 Å². The quantitative estimate of drug-likeness (QED) is 0.106. The Morgan fingerprint density at radius 3 is 2.47 bits per heavy atom. The van der Waals surface area contributed by atoms with Gasteiger partial charge in [0.1, 0.15) is 17.9 Å². The van der Waals surface area contributed by atoms with Crippen LogP contribution in [0.15, 0.2) is 41.3 Å². The van der Waals surface area contributed by atoms with Crippen molar-refractivity contribution in [2.45, 2.75) is 96.7 Å². The molecule has 0 aliphatic carbocycles. The van der Waals surface area contributed by atoms with Gasteiger partial charge < -0.3 is 28.2 Å². The third-order valence-electron chi connectivity index (χ3n) is 7.04. The van der Waals surface area contributed by atoms with Crippen LogP contribution in [0.4, 0.5) is 10.6 Å². The Labute approximate surface area is 270 Å². The molecule has 6 atom stereocenters. The first kappa shape index (κ1) is 35.8. The van der Waals surface area contributed by atoms with Crippen LogP contribution in [0, 0.1) is 0 Å². The number of hydrogen-bond acceptors (Lipinski definition) is 15.